The van der Waals surface area contributed by atoms with E-state index in [1.54, 1.807) is 7.05 Å². The number of aryl methyl sites for hydroxylation is 2. The minimum absolute atomic E-state index is 0.410. The molecule has 3 rings (SSSR count). The molecule has 0 unspecified atom stereocenters. The second-order valence-corrected chi connectivity index (χ2v) is 6.74. The standard InChI is InChI=1S/C21H22ClN3O2/c1-13-11-15(19-14(2)20(21(22)26)25(4)24-19)9-10-18(13)27-12-16-7-5-6-8-17(16)23-3/h5-11,23H,12H2,1-4H3. The summed E-state index contributed by atoms with van der Waals surface area (Å²) in [7, 11) is 3.61. The van der Waals surface area contributed by atoms with E-state index in [0.29, 0.717) is 12.3 Å². The Balaban J connectivity index is 1.84. The van der Waals surface area contributed by atoms with Crippen molar-refractivity contribution in [3.05, 3.63) is 64.8 Å². The summed E-state index contributed by atoms with van der Waals surface area (Å²) < 4.78 is 7.54. The fourth-order valence-electron chi connectivity index (χ4n) is 3.18. The summed E-state index contributed by atoms with van der Waals surface area (Å²) in [5.41, 5.74) is 5.99. The normalized spacial score (nSPS) is 10.7. The maximum Gasteiger partial charge on any atom is 0.270 e. The largest absolute Gasteiger partial charge is 0.489 e. The van der Waals surface area contributed by atoms with Gasteiger partial charge < -0.3 is 10.1 Å². The van der Waals surface area contributed by atoms with Crippen molar-refractivity contribution >= 4 is 22.5 Å². The zero-order valence-electron chi connectivity index (χ0n) is 15.8. The Hall–Kier alpha value is -2.79. The van der Waals surface area contributed by atoms with Gasteiger partial charge in [-0.05, 0) is 55.3 Å². The Labute approximate surface area is 163 Å². The molecular formula is C21H22ClN3O2. The third-order valence-corrected chi connectivity index (χ3v) is 4.77. The number of anilines is 1. The smallest absolute Gasteiger partial charge is 0.270 e. The van der Waals surface area contributed by atoms with Gasteiger partial charge in [0.25, 0.3) is 5.24 Å². The van der Waals surface area contributed by atoms with E-state index in [4.69, 9.17) is 16.3 Å². The highest BCUT2D eigenvalue weighted by Crippen LogP contribution is 2.30. The lowest BCUT2D eigenvalue weighted by molar-refractivity contribution is 0.107. The maximum atomic E-state index is 11.6. The average molecular weight is 384 g/mol. The van der Waals surface area contributed by atoms with E-state index >= 15 is 0 Å². The quantitative estimate of drug-likeness (QED) is 0.626. The van der Waals surface area contributed by atoms with E-state index in [0.717, 1.165) is 39.4 Å². The molecule has 0 amide bonds. The van der Waals surface area contributed by atoms with Crippen LogP contribution in [0, 0.1) is 13.8 Å². The van der Waals surface area contributed by atoms with E-state index in [9.17, 15) is 4.79 Å². The van der Waals surface area contributed by atoms with Crippen LogP contribution < -0.4 is 10.1 Å². The molecule has 0 aliphatic rings. The van der Waals surface area contributed by atoms with Crippen molar-refractivity contribution in [3.8, 4) is 17.0 Å². The van der Waals surface area contributed by atoms with Gasteiger partial charge in [-0.2, -0.15) is 5.10 Å². The van der Waals surface area contributed by atoms with Crippen LogP contribution >= 0.6 is 11.6 Å². The van der Waals surface area contributed by atoms with Gasteiger partial charge in [-0.1, -0.05) is 18.2 Å². The lowest BCUT2D eigenvalue weighted by atomic mass is 10.0. The minimum Gasteiger partial charge on any atom is -0.489 e. The summed E-state index contributed by atoms with van der Waals surface area (Å²) in [5, 5.41) is 7.12. The first-order valence-electron chi connectivity index (χ1n) is 8.65. The Bertz CT molecular complexity index is 995. The van der Waals surface area contributed by atoms with Crippen molar-refractivity contribution in [2.45, 2.75) is 20.5 Å². The van der Waals surface area contributed by atoms with Gasteiger partial charge in [-0.3, -0.25) is 9.48 Å². The van der Waals surface area contributed by atoms with Crippen LogP contribution in [0.1, 0.15) is 27.2 Å². The van der Waals surface area contributed by atoms with Gasteiger partial charge >= 0.3 is 0 Å². The molecule has 1 aromatic heterocycles. The highest BCUT2D eigenvalue weighted by Gasteiger charge is 2.19. The molecule has 0 saturated heterocycles. The Morgan fingerprint density at radius 1 is 1.22 bits per heavy atom. The molecule has 0 aliphatic heterocycles. The van der Waals surface area contributed by atoms with E-state index in [-0.39, 0.29) is 0 Å². The predicted molar refractivity (Wildman–Crippen MR) is 109 cm³/mol. The van der Waals surface area contributed by atoms with Gasteiger partial charge in [0.15, 0.2) is 0 Å². The number of carbonyl (C=O) groups excluding carboxylic acids is 1. The number of ether oxygens (including phenoxy) is 1. The lowest BCUT2D eigenvalue weighted by Crippen LogP contribution is -2.02. The summed E-state index contributed by atoms with van der Waals surface area (Å²) in [6, 6.07) is 13.9. The van der Waals surface area contributed by atoms with E-state index in [1.165, 1.54) is 4.68 Å². The van der Waals surface area contributed by atoms with Crippen molar-refractivity contribution in [1.82, 2.24) is 9.78 Å². The van der Waals surface area contributed by atoms with Crippen LogP contribution in [0.4, 0.5) is 5.69 Å². The highest BCUT2D eigenvalue weighted by molar-refractivity contribution is 6.67. The van der Waals surface area contributed by atoms with Crippen LogP contribution in [0.3, 0.4) is 0 Å². The van der Waals surface area contributed by atoms with Crippen molar-refractivity contribution in [3.63, 3.8) is 0 Å². The van der Waals surface area contributed by atoms with Crippen molar-refractivity contribution in [2.24, 2.45) is 7.05 Å². The Kier molecular flexibility index (Phi) is 5.51. The third kappa shape index (κ3) is 3.83. The van der Waals surface area contributed by atoms with Crippen molar-refractivity contribution in [1.29, 1.82) is 0 Å². The second-order valence-electron chi connectivity index (χ2n) is 6.40. The molecule has 27 heavy (non-hydrogen) atoms. The predicted octanol–water partition coefficient (Wildman–Crippen LogP) is 4.70. The summed E-state index contributed by atoms with van der Waals surface area (Å²) in [5.74, 6) is 0.812. The van der Waals surface area contributed by atoms with Gasteiger partial charge in [0.1, 0.15) is 18.1 Å². The number of benzene rings is 2. The van der Waals surface area contributed by atoms with Gasteiger partial charge in [0, 0.05) is 36.5 Å². The van der Waals surface area contributed by atoms with Crippen LogP contribution in [-0.2, 0) is 13.7 Å². The molecule has 0 fully saturated rings. The number of nitrogens with one attached hydrogen (secondary N) is 1. The molecule has 1 N–H and O–H groups in total. The first-order valence-corrected chi connectivity index (χ1v) is 9.03. The monoisotopic (exact) mass is 383 g/mol. The number of hydrogen-bond acceptors (Lipinski definition) is 4. The second kappa shape index (κ2) is 7.84. The van der Waals surface area contributed by atoms with Crippen LogP contribution in [0.25, 0.3) is 11.3 Å². The van der Waals surface area contributed by atoms with Gasteiger partial charge in [-0.25, -0.2) is 0 Å². The summed E-state index contributed by atoms with van der Waals surface area (Å²) in [6.07, 6.45) is 0. The number of para-hydroxylation sites is 1. The van der Waals surface area contributed by atoms with Crippen LogP contribution in [0.2, 0.25) is 0 Å². The third-order valence-electron chi connectivity index (χ3n) is 4.59. The molecule has 0 saturated carbocycles. The zero-order chi connectivity index (χ0) is 19.6. The number of carbonyl (C=O) groups is 1. The van der Waals surface area contributed by atoms with Gasteiger partial charge in [0.2, 0.25) is 0 Å². The minimum atomic E-state index is -0.506. The molecule has 0 radical (unpaired) electrons. The van der Waals surface area contributed by atoms with E-state index < -0.39 is 5.24 Å². The summed E-state index contributed by atoms with van der Waals surface area (Å²) >= 11 is 5.67. The number of nitrogens with zero attached hydrogens (tertiary/aromatic N) is 2. The topological polar surface area (TPSA) is 56.1 Å². The molecule has 5 nitrogen and oxygen atoms in total. The first kappa shape index (κ1) is 19.0. The molecule has 0 aliphatic carbocycles. The molecule has 140 valence electrons. The molecule has 0 bridgehead atoms. The SMILES string of the molecule is CNc1ccccc1COc1ccc(-c2nn(C)c(C(=O)Cl)c2C)cc1C. The zero-order valence-corrected chi connectivity index (χ0v) is 16.6. The van der Waals surface area contributed by atoms with E-state index in [1.807, 2.05) is 63.4 Å². The molecule has 2 aromatic carbocycles. The first-order chi connectivity index (χ1) is 12.9. The molecule has 1 heterocycles. The van der Waals surface area contributed by atoms with Crippen LogP contribution in [0.5, 0.6) is 5.75 Å². The number of aromatic nitrogens is 2. The summed E-state index contributed by atoms with van der Waals surface area (Å²) in [4.78, 5) is 11.6. The van der Waals surface area contributed by atoms with Crippen molar-refractivity contribution in [2.75, 3.05) is 12.4 Å². The average Bonchev–Trinajstić information content (AvgIpc) is 2.95. The maximum absolute atomic E-state index is 11.6. The Morgan fingerprint density at radius 3 is 2.59 bits per heavy atom. The van der Waals surface area contributed by atoms with E-state index in [2.05, 4.69) is 10.4 Å². The number of halogens is 1. The Morgan fingerprint density at radius 2 is 1.96 bits per heavy atom. The molecule has 6 heteroatoms. The van der Waals surface area contributed by atoms with Crippen molar-refractivity contribution < 1.29 is 9.53 Å². The number of rotatable bonds is 6. The number of hydrogen-bond donors (Lipinski definition) is 1. The lowest BCUT2D eigenvalue weighted by Gasteiger charge is -2.13. The van der Waals surface area contributed by atoms with Gasteiger partial charge in [0.05, 0.1) is 5.69 Å². The fourth-order valence-corrected chi connectivity index (χ4v) is 3.45. The molecule has 3 aromatic rings. The molecular weight excluding hydrogens is 362 g/mol. The van der Waals surface area contributed by atoms with Crippen LogP contribution in [0.15, 0.2) is 42.5 Å². The molecule has 0 spiro atoms. The van der Waals surface area contributed by atoms with Gasteiger partial charge in [-0.15, -0.1) is 0 Å². The summed E-state index contributed by atoms with van der Waals surface area (Å²) in [6.45, 7) is 4.33. The highest BCUT2D eigenvalue weighted by atomic mass is 35.5. The fraction of sp³-hybridized carbons (Fsp3) is 0.238. The van der Waals surface area contributed by atoms with Crippen LogP contribution in [-0.4, -0.2) is 22.1 Å². The molecule has 0 atom stereocenters.